The van der Waals surface area contributed by atoms with Crippen LogP contribution in [0.15, 0.2) is 23.8 Å². The molecule has 0 amide bonds. The zero-order chi connectivity index (χ0) is 12.1. The topological polar surface area (TPSA) is 42.7 Å². The van der Waals surface area contributed by atoms with E-state index in [0.29, 0.717) is 5.92 Å². The summed E-state index contributed by atoms with van der Waals surface area (Å²) in [4.78, 5) is 5.59. The Hall–Kier alpha value is -1.20. The molecule has 0 fully saturated rings. The van der Waals surface area contributed by atoms with Crippen molar-refractivity contribution >= 4 is 11.3 Å². The number of hydrogen-bond donors (Lipinski definition) is 1. The number of nitrogens with zero attached hydrogens (tertiary/aromatic N) is 3. The minimum absolute atomic E-state index is 0.656. The van der Waals surface area contributed by atoms with Crippen LogP contribution in [0.3, 0.4) is 0 Å². The highest BCUT2D eigenvalue weighted by molar-refractivity contribution is 7.09. The Balaban J connectivity index is 1.83. The first-order valence-corrected chi connectivity index (χ1v) is 6.73. The molecule has 5 heteroatoms. The highest BCUT2D eigenvalue weighted by atomic mass is 32.1. The van der Waals surface area contributed by atoms with Gasteiger partial charge in [0.1, 0.15) is 6.33 Å². The summed E-state index contributed by atoms with van der Waals surface area (Å²) in [5.74, 6) is 1.52. The van der Waals surface area contributed by atoms with Crippen molar-refractivity contribution in [2.75, 3.05) is 6.54 Å². The van der Waals surface area contributed by atoms with E-state index in [0.717, 1.165) is 25.5 Å². The summed E-state index contributed by atoms with van der Waals surface area (Å²) < 4.78 is 1.89. The molecule has 0 saturated carbocycles. The van der Waals surface area contributed by atoms with Crippen molar-refractivity contribution in [2.45, 2.75) is 26.9 Å². The lowest BCUT2D eigenvalue weighted by Gasteiger charge is -2.04. The van der Waals surface area contributed by atoms with Gasteiger partial charge in [0.05, 0.1) is 13.1 Å². The van der Waals surface area contributed by atoms with Crippen LogP contribution in [0.1, 0.15) is 24.5 Å². The standard InChI is InChI=1S/C12H18N4S/c1-10(2)6-13-7-12-14-9-16(15-12)8-11-4-3-5-17-11/h3-5,9-10,13H,6-8H2,1-2H3. The maximum atomic E-state index is 4.43. The van der Waals surface area contributed by atoms with Crippen LogP contribution < -0.4 is 5.32 Å². The van der Waals surface area contributed by atoms with Crippen LogP contribution in [0.5, 0.6) is 0 Å². The third-order valence-corrected chi connectivity index (χ3v) is 3.18. The summed E-state index contributed by atoms with van der Waals surface area (Å²) in [6.45, 7) is 6.94. The monoisotopic (exact) mass is 250 g/mol. The largest absolute Gasteiger partial charge is 0.310 e. The second kappa shape index (κ2) is 5.93. The smallest absolute Gasteiger partial charge is 0.164 e. The Labute approximate surface area is 106 Å². The van der Waals surface area contributed by atoms with Crippen LogP contribution in [0.4, 0.5) is 0 Å². The zero-order valence-corrected chi connectivity index (χ0v) is 11.1. The van der Waals surface area contributed by atoms with E-state index in [1.165, 1.54) is 4.88 Å². The Kier molecular flexibility index (Phi) is 4.28. The van der Waals surface area contributed by atoms with Crippen molar-refractivity contribution in [1.29, 1.82) is 0 Å². The summed E-state index contributed by atoms with van der Waals surface area (Å²) in [5, 5.41) is 9.85. The number of aromatic nitrogens is 3. The minimum Gasteiger partial charge on any atom is -0.310 e. The molecular weight excluding hydrogens is 232 g/mol. The van der Waals surface area contributed by atoms with Crippen LogP contribution in [0.2, 0.25) is 0 Å². The molecule has 2 aromatic heterocycles. The van der Waals surface area contributed by atoms with Gasteiger partial charge < -0.3 is 5.32 Å². The molecule has 0 unspecified atom stereocenters. The Morgan fingerprint density at radius 1 is 1.47 bits per heavy atom. The summed E-state index contributed by atoms with van der Waals surface area (Å²) in [7, 11) is 0. The first-order valence-electron chi connectivity index (χ1n) is 5.85. The zero-order valence-electron chi connectivity index (χ0n) is 10.3. The van der Waals surface area contributed by atoms with Crippen molar-refractivity contribution in [3.8, 4) is 0 Å². The predicted octanol–water partition coefficient (Wildman–Crippen LogP) is 2.13. The summed E-state index contributed by atoms with van der Waals surface area (Å²) in [6.07, 6.45) is 1.80. The van der Waals surface area contributed by atoms with Crippen LogP contribution in [0, 0.1) is 5.92 Å². The third kappa shape index (κ3) is 3.94. The molecule has 0 saturated heterocycles. The third-order valence-electron chi connectivity index (χ3n) is 2.32. The molecular formula is C12H18N4S. The van der Waals surface area contributed by atoms with E-state index in [1.807, 2.05) is 4.68 Å². The normalized spacial score (nSPS) is 11.2. The summed E-state index contributed by atoms with van der Waals surface area (Å²) in [5.41, 5.74) is 0. The van der Waals surface area contributed by atoms with E-state index in [1.54, 1.807) is 17.7 Å². The molecule has 0 aromatic carbocycles. The molecule has 2 aromatic rings. The maximum Gasteiger partial charge on any atom is 0.164 e. The molecule has 4 nitrogen and oxygen atoms in total. The highest BCUT2D eigenvalue weighted by Gasteiger charge is 2.02. The molecule has 1 N–H and O–H groups in total. The average Bonchev–Trinajstić information content (AvgIpc) is 2.90. The maximum absolute atomic E-state index is 4.43. The molecule has 0 aliphatic rings. The van der Waals surface area contributed by atoms with E-state index in [4.69, 9.17) is 0 Å². The molecule has 0 bridgehead atoms. The fourth-order valence-electron chi connectivity index (χ4n) is 1.53. The van der Waals surface area contributed by atoms with Gasteiger partial charge in [-0.3, -0.25) is 0 Å². The lowest BCUT2D eigenvalue weighted by atomic mass is 10.2. The van der Waals surface area contributed by atoms with Crippen LogP contribution in [-0.2, 0) is 13.1 Å². The van der Waals surface area contributed by atoms with Gasteiger partial charge in [-0.05, 0) is 23.9 Å². The van der Waals surface area contributed by atoms with E-state index >= 15 is 0 Å². The lowest BCUT2D eigenvalue weighted by molar-refractivity contribution is 0.540. The van der Waals surface area contributed by atoms with Gasteiger partial charge in [-0.15, -0.1) is 11.3 Å². The molecule has 0 radical (unpaired) electrons. The van der Waals surface area contributed by atoms with Crippen molar-refractivity contribution in [3.05, 3.63) is 34.5 Å². The van der Waals surface area contributed by atoms with E-state index in [9.17, 15) is 0 Å². The van der Waals surface area contributed by atoms with Crippen molar-refractivity contribution in [3.63, 3.8) is 0 Å². The van der Waals surface area contributed by atoms with E-state index < -0.39 is 0 Å². The summed E-state index contributed by atoms with van der Waals surface area (Å²) in [6, 6.07) is 4.17. The minimum atomic E-state index is 0.656. The molecule has 0 atom stereocenters. The first kappa shape index (κ1) is 12.3. The number of nitrogens with one attached hydrogen (secondary N) is 1. The van der Waals surface area contributed by atoms with Gasteiger partial charge in [0.15, 0.2) is 5.82 Å². The molecule has 92 valence electrons. The SMILES string of the molecule is CC(C)CNCc1ncn(Cc2cccs2)n1. The van der Waals surface area contributed by atoms with Gasteiger partial charge in [0.2, 0.25) is 0 Å². The van der Waals surface area contributed by atoms with Gasteiger partial charge in [0, 0.05) is 4.88 Å². The number of thiophene rings is 1. The van der Waals surface area contributed by atoms with Gasteiger partial charge >= 0.3 is 0 Å². The molecule has 0 aliphatic heterocycles. The highest BCUT2D eigenvalue weighted by Crippen LogP contribution is 2.09. The fourth-order valence-corrected chi connectivity index (χ4v) is 2.22. The second-order valence-corrected chi connectivity index (χ2v) is 5.49. The predicted molar refractivity (Wildman–Crippen MR) is 70.0 cm³/mol. The van der Waals surface area contributed by atoms with E-state index in [2.05, 4.69) is 46.8 Å². The number of hydrogen-bond acceptors (Lipinski definition) is 4. The first-order chi connectivity index (χ1) is 8.24. The van der Waals surface area contributed by atoms with Crippen molar-refractivity contribution in [1.82, 2.24) is 20.1 Å². The van der Waals surface area contributed by atoms with Gasteiger partial charge in [-0.1, -0.05) is 19.9 Å². The van der Waals surface area contributed by atoms with E-state index in [-0.39, 0.29) is 0 Å². The second-order valence-electron chi connectivity index (χ2n) is 4.46. The van der Waals surface area contributed by atoms with Crippen molar-refractivity contribution in [2.24, 2.45) is 5.92 Å². The van der Waals surface area contributed by atoms with Crippen LogP contribution in [0.25, 0.3) is 0 Å². The lowest BCUT2D eigenvalue weighted by Crippen LogP contribution is -2.19. The van der Waals surface area contributed by atoms with Gasteiger partial charge in [0.25, 0.3) is 0 Å². The van der Waals surface area contributed by atoms with Gasteiger partial charge in [-0.25, -0.2) is 9.67 Å². The Morgan fingerprint density at radius 3 is 3.06 bits per heavy atom. The Morgan fingerprint density at radius 2 is 2.35 bits per heavy atom. The average molecular weight is 250 g/mol. The van der Waals surface area contributed by atoms with Gasteiger partial charge in [-0.2, -0.15) is 5.10 Å². The molecule has 2 heterocycles. The molecule has 2 rings (SSSR count). The van der Waals surface area contributed by atoms with Crippen LogP contribution in [-0.4, -0.2) is 21.3 Å². The fraction of sp³-hybridized carbons (Fsp3) is 0.500. The molecule has 0 spiro atoms. The molecule has 17 heavy (non-hydrogen) atoms. The Bertz CT molecular complexity index is 433. The quantitative estimate of drug-likeness (QED) is 0.854. The van der Waals surface area contributed by atoms with Crippen LogP contribution >= 0.6 is 11.3 Å². The number of rotatable bonds is 6. The van der Waals surface area contributed by atoms with Crippen molar-refractivity contribution < 1.29 is 0 Å². The summed E-state index contributed by atoms with van der Waals surface area (Å²) >= 11 is 1.74. The molecule has 0 aliphatic carbocycles.